The van der Waals surface area contributed by atoms with Gasteiger partial charge in [0.25, 0.3) is 0 Å². The number of nitrogens with zero attached hydrogens (tertiary/aromatic N) is 3. The standard InChI is InChI=1S/C19H23N3O2/c1-4-24-18(23)16-14(3)20-19(22-11-5-6-12-22)21-17(16)15-9-7-13(2)8-10-15/h7-10H,4-6,11-12H2,1-3H3. The van der Waals surface area contributed by atoms with Gasteiger partial charge >= 0.3 is 5.97 Å². The molecule has 1 aromatic heterocycles. The second-order valence-corrected chi connectivity index (χ2v) is 6.11. The van der Waals surface area contributed by atoms with E-state index in [4.69, 9.17) is 9.72 Å². The number of ether oxygens (including phenoxy) is 1. The van der Waals surface area contributed by atoms with E-state index in [9.17, 15) is 4.79 Å². The lowest BCUT2D eigenvalue weighted by molar-refractivity contribution is 0.0525. The van der Waals surface area contributed by atoms with Crippen LogP contribution in [-0.2, 0) is 4.74 Å². The van der Waals surface area contributed by atoms with Crippen molar-refractivity contribution in [1.29, 1.82) is 0 Å². The van der Waals surface area contributed by atoms with Gasteiger partial charge in [0.1, 0.15) is 5.56 Å². The fourth-order valence-electron chi connectivity index (χ4n) is 2.98. The SMILES string of the molecule is CCOC(=O)c1c(C)nc(N2CCCC2)nc1-c1ccc(C)cc1. The first kappa shape index (κ1) is 16.4. The normalized spacial score (nSPS) is 14.0. The predicted octanol–water partition coefficient (Wildman–Crippen LogP) is 3.54. The highest BCUT2D eigenvalue weighted by molar-refractivity contribution is 5.97. The van der Waals surface area contributed by atoms with E-state index in [-0.39, 0.29) is 5.97 Å². The summed E-state index contributed by atoms with van der Waals surface area (Å²) in [6.45, 7) is 7.96. The van der Waals surface area contributed by atoms with E-state index in [0.717, 1.165) is 31.5 Å². The van der Waals surface area contributed by atoms with Crippen molar-refractivity contribution in [1.82, 2.24) is 9.97 Å². The number of benzene rings is 1. The molecule has 2 aromatic rings. The minimum absolute atomic E-state index is 0.333. The number of aromatic nitrogens is 2. The molecule has 1 saturated heterocycles. The number of aryl methyl sites for hydroxylation is 2. The molecular formula is C19H23N3O2. The first-order valence-electron chi connectivity index (χ1n) is 8.48. The van der Waals surface area contributed by atoms with E-state index in [2.05, 4.69) is 9.88 Å². The fourth-order valence-corrected chi connectivity index (χ4v) is 2.98. The van der Waals surface area contributed by atoms with Gasteiger partial charge in [-0.25, -0.2) is 14.8 Å². The van der Waals surface area contributed by atoms with Gasteiger partial charge in [-0.15, -0.1) is 0 Å². The summed E-state index contributed by atoms with van der Waals surface area (Å²) in [5.41, 5.74) is 3.86. The minimum Gasteiger partial charge on any atom is -0.462 e. The summed E-state index contributed by atoms with van der Waals surface area (Å²) < 4.78 is 5.23. The molecule has 0 bridgehead atoms. The Morgan fingerprint density at radius 3 is 2.42 bits per heavy atom. The highest BCUT2D eigenvalue weighted by Gasteiger charge is 2.24. The molecule has 0 saturated carbocycles. The largest absolute Gasteiger partial charge is 0.462 e. The van der Waals surface area contributed by atoms with Gasteiger partial charge in [0, 0.05) is 18.7 Å². The van der Waals surface area contributed by atoms with Gasteiger partial charge in [-0.05, 0) is 33.6 Å². The molecule has 0 aliphatic carbocycles. The quantitative estimate of drug-likeness (QED) is 0.805. The Balaban J connectivity index is 2.13. The molecular weight excluding hydrogens is 302 g/mol. The van der Waals surface area contributed by atoms with E-state index >= 15 is 0 Å². The van der Waals surface area contributed by atoms with Gasteiger partial charge in [-0.1, -0.05) is 29.8 Å². The van der Waals surface area contributed by atoms with Crippen LogP contribution < -0.4 is 4.90 Å². The monoisotopic (exact) mass is 325 g/mol. The summed E-state index contributed by atoms with van der Waals surface area (Å²) in [5, 5.41) is 0. The van der Waals surface area contributed by atoms with Gasteiger partial charge in [0.2, 0.25) is 5.95 Å². The van der Waals surface area contributed by atoms with E-state index in [1.165, 1.54) is 5.56 Å². The average molecular weight is 325 g/mol. The van der Waals surface area contributed by atoms with E-state index < -0.39 is 0 Å². The molecule has 0 amide bonds. The lowest BCUT2D eigenvalue weighted by Gasteiger charge is -2.19. The molecule has 2 heterocycles. The van der Waals surface area contributed by atoms with Crippen LogP contribution in [-0.4, -0.2) is 35.6 Å². The Hall–Kier alpha value is -2.43. The smallest absolute Gasteiger partial charge is 0.342 e. The zero-order chi connectivity index (χ0) is 17.1. The number of anilines is 1. The van der Waals surface area contributed by atoms with Crippen molar-refractivity contribution in [2.24, 2.45) is 0 Å². The molecule has 1 aliphatic rings. The molecule has 1 aromatic carbocycles. The van der Waals surface area contributed by atoms with Crippen molar-refractivity contribution >= 4 is 11.9 Å². The third-order valence-electron chi connectivity index (χ3n) is 4.27. The zero-order valence-corrected chi connectivity index (χ0v) is 14.5. The van der Waals surface area contributed by atoms with Crippen LogP contribution in [0.5, 0.6) is 0 Å². The minimum atomic E-state index is -0.362. The third-order valence-corrected chi connectivity index (χ3v) is 4.27. The third kappa shape index (κ3) is 3.25. The second-order valence-electron chi connectivity index (χ2n) is 6.11. The van der Waals surface area contributed by atoms with Crippen LogP contribution in [0.15, 0.2) is 24.3 Å². The summed E-state index contributed by atoms with van der Waals surface area (Å²) in [6, 6.07) is 8.04. The molecule has 0 radical (unpaired) electrons. The molecule has 24 heavy (non-hydrogen) atoms. The van der Waals surface area contributed by atoms with Gasteiger partial charge in [0.05, 0.1) is 18.0 Å². The molecule has 1 aliphatic heterocycles. The van der Waals surface area contributed by atoms with Crippen molar-refractivity contribution in [3.8, 4) is 11.3 Å². The zero-order valence-electron chi connectivity index (χ0n) is 14.5. The number of carbonyl (C=O) groups excluding carboxylic acids is 1. The molecule has 3 rings (SSSR count). The summed E-state index contributed by atoms with van der Waals surface area (Å²) in [4.78, 5) is 23.9. The van der Waals surface area contributed by atoms with Crippen molar-refractivity contribution in [2.45, 2.75) is 33.6 Å². The number of hydrogen-bond acceptors (Lipinski definition) is 5. The van der Waals surface area contributed by atoms with Crippen LogP contribution in [0.25, 0.3) is 11.3 Å². The molecule has 5 heteroatoms. The maximum Gasteiger partial charge on any atom is 0.342 e. The Morgan fingerprint density at radius 1 is 1.12 bits per heavy atom. The maximum absolute atomic E-state index is 12.4. The van der Waals surface area contributed by atoms with Crippen LogP contribution in [0, 0.1) is 13.8 Å². The van der Waals surface area contributed by atoms with Crippen LogP contribution in [0.2, 0.25) is 0 Å². The van der Waals surface area contributed by atoms with Gasteiger partial charge in [0.15, 0.2) is 0 Å². The number of carbonyl (C=O) groups is 1. The molecule has 0 N–H and O–H groups in total. The molecule has 126 valence electrons. The topological polar surface area (TPSA) is 55.3 Å². The Morgan fingerprint density at radius 2 is 1.79 bits per heavy atom. The summed E-state index contributed by atoms with van der Waals surface area (Å²) in [7, 11) is 0. The van der Waals surface area contributed by atoms with Crippen molar-refractivity contribution in [2.75, 3.05) is 24.6 Å². The van der Waals surface area contributed by atoms with Gasteiger partial charge in [-0.3, -0.25) is 0 Å². The molecule has 5 nitrogen and oxygen atoms in total. The lowest BCUT2D eigenvalue weighted by atomic mass is 10.0. The highest BCUT2D eigenvalue weighted by Crippen LogP contribution is 2.28. The first-order chi connectivity index (χ1) is 11.6. The number of hydrogen-bond donors (Lipinski definition) is 0. The summed E-state index contributed by atoms with van der Waals surface area (Å²) >= 11 is 0. The van der Waals surface area contributed by atoms with E-state index in [1.54, 1.807) is 6.92 Å². The molecule has 1 fully saturated rings. The fraction of sp³-hybridized carbons (Fsp3) is 0.421. The van der Waals surface area contributed by atoms with Crippen molar-refractivity contribution in [3.63, 3.8) is 0 Å². The molecule has 0 spiro atoms. The molecule has 0 unspecified atom stereocenters. The van der Waals surface area contributed by atoms with Crippen molar-refractivity contribution < 1.29 is 9.53 Å². The first-order valence-corrected chi connectivity index (χ1v) is 8.48. The summed E-state index contributed by atoms with van der Waals surface area (Å²) in [5.74, 6) is 0.340. The van der Waals surface area contributed by atoms with Crippen LogP contribution in [0.4, 0.5) is 5.95 Å². The average Bonchev–Trinajstić information content (AvgIpc) is 3.09. The Labute approximate surface area is 142 Å². The van der Waals surface area contributed by atoms with Crippen molar-refractivity contribution in [3.05, 3.63) is 41.1 Å². The van der Waals surface area contributed by atoms with Crippen LogP contribution in [0.3, 0.4) is 0 Å². The summed E-state index contributed by atoms with van der Waals surface area (Å²) in [6.07, 6.45) is 2.31. The van der Waals surface area contributed by atoms with Crippen LogP contribution >= 0.6 is 0 Å². The van der Waals surface area contributed by atoms with Crippen LogP contribution in [0.1, 0.15) is 41.4 Å². The molecule has 0 atom stereocenters. The second kappa shape index (κ2) is 6.99. The van der Waals surface area contributed by atoms with Gasteiger partial charge in [-0.2, -0.15) is 0 Å². The van der Waals surface area contributed by atoms with Gasteiger partial charge < -0.3 is 9.64 Å². The predicted molar refractivity (Wildman–Crippen MR) is 94.3 cm³/mol. The Bertz CT molecular complexity index is 735. The number of esters is 1. The maximum atomic E-state index is 12.4. The van der Waals surface area contributed by atoms with E-state index in [0.29, 0.717) is 29.5 Å². The Kier molecular flexibility index (Phi) is 4.79. The number of rotatable bonds is 4. The lowest BCUT2D eigenvalue weighted by Crippen LogP contribution is -2.22. The highest BCUT2D eigenvalue weighted by atomic mass is 16.5. The van der Waals surface area contributed by atoms with E-state index in [1.807, 2.05) is 38.1 Å².